The fraction of sp³-hybridized carbons (Fsp3) is 0. The lowest BCUT2D eigenvalue weighted by molar-refractivity contribution is 0.669. The molecule has 9 heteroatoms. The Balaban J connectivity index is 1.10. The molecule has 15 rings (SSSR count). The van der Waals surface area contributed by atoms with Crippen molar-refractivity contribution in [1.29, 1.82) is 0 Å². The number of nitrogens with zero attached hydrogens (tertiary/aromatic N) is 8. The van der Waals surface area contributed by atoms with Crippen LogP contribution < -0.4 is 0 Å². The number of para-hydroxylation sites is 4. The summed E-state index contributed by atoms with van der Waals surface area (Å²) in [4.78, 5) is 29.4. The molecule has 0 fully saturated rings. The molecule has 0 amide bonds. The maximum Gasteiger partial charge on any atom is 0.166 e. The van der Waals surface area contributed by atoms with Crippen molar-refractivity contribution >= 4 is 65.6 Å². The van der Waals surface area contributed by atoms with Crippen molar-refractivity contribution in [3.63, 3.8) is 0 Å². The number of fused-ring (bicyclic) bond motifs is 10. The molecule has 9 nitrogen and oxygen atoms in total. The van der Waals surface area contributed by atoms with Gasteiger partial charge in [0.05, 0.1) is 48.3 Å². The van der Waals surface area contributed by atoms with Crippen molar-refractivity contribution in [1.82, 2.24) is 39.0 Å². The lowest BCUT2D eigenvalue weighted by atomic mass is 10.0. The fourth-order valence-corrected chi connectivity index (χ4v) is 10.1. The molecule has 10 aromatic carbocycles. The van der Waals surface area contributed by atoms with Crippen LogP contribution in [-0.4, -0.2) is 39.0 Å². The predicted octanol–water partition coefficient (Wildman–Crippen LogP) is 16.2. The van der Waals surface area contributed by atoms with Crippen LogP contribution in [-0.2, 0) is 0 Å². The summed E-state index contributed by atoms with van der Waals surface area (Å²) in [6, 6.07) is 37.9. The highest BCUT2D eigenvalue weighted by molar-refractivity contribution is 6.26. The third-order valence-corrected chi connectivity index (χ3v) is 13.3. The molecule has 75 heavy (non-hydrogen) atoms. The highest BCUT2D eigenvalue weighted by Gasteiger charge is 2.25. The first-order valence-electron chi connectivity index (χ1n) is 31.2. The number of aromatic nitrogens is 8. The second-order valence-corrected chi connectivity index (χ2v) is 17.6. The molecule has 0 saturated heterocycles. The average molecular weight is 976 g/mol. The molecule has 0 N–H and O–H groups in total. The first-order valence-corrected chi connectivity index (χ1v) is 23.7. The van der Waals surface area contributed by atoms with Crippen LogP contribution in [0.15, 0.2) is 247 Å². The van der Waals surface area contributed by atoms with Crippen LogP contribution in [0.5, 0.6) is 0 Å². The van der Waals surface area contributed by atoms with Crippen LogP contribution in [0.25, 0.3) is 145 Å². The number of benzene rings is 10. The number of rotatable bonds is 8. The summed E-state index contributed by atoms with van der Waals surface area (Å²) in [5, 5.41) is 5.02. The summed E-state index contributed by atoms with van der Waals surface area (Å²) in [7, 11) is 0. The van der Waals surface area contributed by atoms with Crippen molar-refractivity contribution in [3.05, 3.63) is 242 Å². The minimum Gasteiger partial charge on any atom is -0.456 e. The summed E-state index contributed by atoms with van der Waals surface area (Å²) in [6.07, 6.45) is 0. The highest BCUT2D eigenvalue weighted by atomic mass is 16.3. The van der Waals surface area contributed by atoms with E-state index in [0.29, 0.717) is 27.8 Å². The zero-order valence-corrected chi connectivity index (χ0v) is 38.9. The van der Waals surface area contributed by atoms with Crippen molar-refractivity contribution in [2.45, 2.75) is 0 Å². The van der Waals surface area contributed by atoms with Gasteiger partial charge in [-0.15, -0.1) is 0 Å². The summed E-state index contributed by atoms with van der Waals surface area (Å²) in [5.41, 5.74) is 5.33. The Hall–Kier alpha value is -10.4. The average Bonchev–Trinajstić information content (AvgIpc) is 1.53. The molecule has 5 aromatic heterocycles. The minimum absolute atomic E-state index is 0.0213. The molecule has 0 saturated carbocycles. The first-order chi connectivity index (χ1) is 43.4. The Labute approximate surface area is 450 Å². The number of hydrogen-bond acceptors (Lipinski definition) is 7. The minimum atomic E-state index is -0.711. The smallest absolute Gasteiger partial charge is 0.166 e. The second kappa shape index (κ2) is 17.1. The van der Waals surface area contributed by atoms with Gasteiger partial charge in [0.15, 0.2) is 34.9 Å². The van der Waals surface area contributed by atoms with Crippen LogP contribution in [0.2, 0.25) is 0 Å². The quantitative estimate of drug-likeness (QED) is 0.149. The molecule has 350 valence electrons. The van der Waals surface area contributed by atoms with E-state index in [2.05, 4.69) is 38.4 Å². The standard InChI is InChI=1S/C66H40N8O/c1-5-19-41(20-6-1)61-67-62(42-21-7-2-8-22-42)69-64(68-61)44-33-36-55(74-53-30-16-13-27-47(53)49-35-37-56-59(60(49)74)50-29-14-17-31-54(50)73(56)46-25-11-4-12-26-46)52(40-44)66-71-63(43-23-9-3-10-24-43)70-65(72-66)45-34-38-58-51(39-45)48-28-15-18-32-57(48)75-58/h1-40H/i1D,2D,3D,5D,6D,7D,8D,9D,10D,19D,20D,21D,22D,23D,24D. The fourth-order valence-electron chi connectivity index (χ4n) is 10.1. The predicted molar refractivity (Wildman–Crippen MR) is 302 cm³/mol. The largest absolute Gasteiger partial charge is 0.456 e. The van der Waals surface area contributed by atoms with E-state index in [1.165, 1.54) is 0 Å². The van der Waals surface area contributed by atoms with Crippen molar-refractivity contribution < 1.29 is 25.0 Å². The van der Waals surface area contributed by atoms with E-state index in [-0.39, 0.29) is 40.0 Å². The van der Waals surface area contributed by atoms with Crippen LogP contribution in [0.4, 0.5) is 0 Å². The van der Waals surface area contributed by atoms with E-state index in [1.54, 1.807) is 30.3 Å². The molecule has 0 atom stereocenters. The van der Waals surface area contributed by atoms with Gasteiger partial charge >= 0.3 is 0 Å². The van der Waals surface area contributed by atoms with Crippen molar-refractivity contribution in [3.8, 4) is 79.7 Å². The van der Waals surface area contributed by atoms with Gasteiger partial charge in [0, 0.05) is 71.4 Å². The van der Waals surface area contributed by atoms with Crippen molar-refractivity contribution in [2.75, 3.05) is 0 Å². The third kappa shape index (κ3) is 7.01. The Morgan fingerprint density at radius 1 is 0.333 bits per heavy atom. The normalized spacial score (nSPS) is 14.5. The molecule has 0 radical (unpaired) electrons. The van der Waals surface area contributed by atoms with E-state index in [4.69, 9.17) is 47.2 Å². The molecule has 0 unspecified atom stereocenters. The maximum absolute atomic E-state index is 9.27. The molecular formula is C66H40N8O. The third-order valence-electron chi connectivity index (χ3n) is 13.3. The Bertz CT molecular complexity index is 5480. The molecule has 0 aliphatic rings. The Kier molecular flexibility index (Phi) is 6.82. The zero-order chi connectivity index (χ0) is 62.5. The van der Waals surface area contributed by atoms with Gasteiger partial charge in [-0.3, -0.25) is 0 Å². The summed E-state index contributed by atoms with van der Waals surface area (Å²) >= 11 is 0. The van der Waals surface area contributed by atoms with Gasteiger partial charge < -0.3 is 13.6 Å². The summed E-state index contributed by atoms with van der Waals surface area (Å²) in [6.45, 7) is 0. The van der Waals surface area contributed by atoms with Gasteiger partial charge in [-0.05, 0) is 72.8 Å². The van der Waals surface area contributed by atoms with Crippen molar-refractivity contribution in [2.24, 2.45) is 0 Å². The zero-order valence-electron chi connectivity index (χ0n) is 53.9. The molecular weight excluding hydrogens is 921 g/mol. The van der Waals surface area contributed by atoms with Gasteiger partial charge in [-0.2, -0.15) is 0 Å². The van der Waals surface area contributed by atoms with Crippen LogP contribution in [0.1, 0.15) is 20.6 Å². The summed E-state index contributed by atoms with van der Waals surface area (Å²) < 4.78 is 143. The lowest BCUT2D eigenvalue weighted by Crippen LogP contribution is -2.05. The number of furan rings is 1. The highest BCUT2D eigenvalue weighted by Crippen LogP contribution is 2.44. The summed E-state index contributed by atoms with van der Waals surface area (Å²) in [5.74, 6) is -1.59. The van der Waals surface area contributed by atoms with E-state index in [0.717, 1.165) is 54.7 Å². The molecule has 5 heterocycles. The van der Waals surface area contributed by atoms with Crippen LogP contribution >= 0.6 is 0 Å². The number of hydrogen-bond donors (Lipinski definition) is 0. The van der Waals surface area contributed by atoms with Gasteiger partial charge in [0.25, 0.3) is 0 Å². The molecule has 0 bridgehead atoms. The lowest BCUT2D eigenvalue weighted by Gasteiger charge is -2.17. The van der Waals surface area contributed by atoms with Gasteiger partial charge in [-0.25, -0.2) is 29.9 Å². The van der Waals surface area contributed by atoms with Crippen LogP contribution in [0.3, 0.4) is 0 Å². The van der Waals surface area contributed by atoms with E-state index in [9.17, 15) is 2.74 Å². The molecule has 0 aliphatic heterocycles. The SMILES string of the molecule is [2H]c1c([2H])c([2H])c(-c2nc(-c3ccc4oc5ccccc5c4c3)nc(-c3cc(-c4nc(-c5c([2H])c([2H])c([2H])c([2H])c5[2H])nc(-c5c([2H])c([2H])c([2H])c([2H])c5[2H])n4)ccc3-n3c4ccccc4c4ccc5c(c6ccccc6n5-c5ccccc5)c43)n2)c([2H])c1[2H]. The van der Waals surface area contributed by atoms with Crippen LogP contribution in [0, 0.1) is 0 Å². The molecule has 0 aliphatic carbocycles. The molecule has 15 aromatic rings. The van der Waals surface area contributed by atoms with Gasteiger partial charge in [0.1, 0.15) is 11.2 Å². The monoisotopic (exact) mass is 975 g/mol. The van der Waals surface area contributed by atoms with E-state index in [1.807, 2.05) is 97.1 Å². The van der Waals surface area contributed by atoms with E-state index >= 15 is 0 Å². The van der Waals surface area contributed by atoms with Gasteiger partial charge in [-0.1, -0.05) is 169 Å². The first kappa shape index (κ1) is 29.8. The Morgan fingerprint density at radius 3 is 1.47 bits per heavy atom. The topological polar surface area (TPSA) is 100 Å². The van der Waals surface area contributed by atoms with E-state index < -0.39 is 113 Å². The Morgan fingerprint density at radius 2 is 0.827 bits per heavy atom. The molecule has 0 spiro atoms. The second-order valence-electron chi connectivity index (χ2n) is 17.6. The maximum atomic E-state index is 9.27. The van der Waals surface area contributed by atoms with Gasteiger partial charge in [0.2, 0.25) is 0 Å².